The molecule has 0 aromatic heterocycles. The molecule has 1 N–H and O–H groups in total. The van der Waals surface area contributed by atoms with E-state index in [1.54, 1.807) is 0 Å². The van der Waals surface area contributed by atoms with Crippen molar-refractivity contribution in [2.24, 2.45) is 5.92 Å². The highest BCUT2D eigenvalue weighted by Crippen LogP contribution is 2.33. The Kier molecular flexibility index (Phi) is 5.83. The van der Waals surface area contributed by atoms with E-state index in [0.29, 0.717) is 24.5 Å². The van der Waals surface area contributed by atoms with Gasteiger partial charge in [0.15, 0.2) is 0 Å². The highest BCUT2D eigenvalue weighted by molar-refractivity contribution is 5.77. The quantitative estimate of drug-likeness (QED) is 0.852. The first-order chi connectivity index (χ1) is 11.4. The number of amides is 1. The Bertz CT molecular complexity index is 418. The number of carbonyl (C=O) groups is 1. The van der Waals surface area contributed by atoms with E-state index < -0.39 is 5.60 Å². The molecular formula is C19H34N2O3. The zero-order valence-corrected chi connectivity index (χ0v) is 15.4. The predicted octanol–water partition coefficient (Wildman–Crippen LogP) is 2.03. The molecule has 2 aliphatic heterocycles. The Morgan fingerprint density at radius 1 is 1.12 bits per heavy atom. The summed E-state index contributed by atoms with van der Waals surface area (Å²) in [5, 5.41) is 10.4. The summed E-state index contributed by atoms with van der Waals surface area (Å²) in [5.74, 6) is 0.840. The maximum absolute atomic E-state index is 12.5. The molecule has 5 heteroatoms. The van der Waals surface area contributed by atoms with Crippen LogP contribution < -0.4 is 0 Å². The van der Waals surface area contributed by atoms with E-state index >= 15 is 0 Å². The third-order valence-electron chi connectivity index (χ3n) is 5.99. The standard InChI is InChI=1S/C19H34N2O3/c1-15-12-20(13-16(2)24-15)14-17-5-9-21(10-6-17)18(22)11-19(23)7-3-4-8-19/h15-17,23H,3-14H2,1-2H3. The first-order valence-electron chi connectivity index (χ1n) is 9.81. The van der Waals surface area contributed by atoms with E-state index in [-0.39, 0.29) is 5.91 Å². The van der Waals surface area contributed by atoms with Crippen LogP contribution in [0.25, 0.3) is 0 Å². The number of piperidine rings is 1. The normalized spacial score (nSPS) is 32.2. The van der Waals surface area contributed by atoms with Crippen LogP contribution in [-0.2, 0) is 9.53 Å². The number of hydrogen-bond acceptors (Lipinski definition) is 4. The fourth-order valence-corrected chi connectivity index (χ4v) is 4.77. The van der Waals surface area contributed by atoms with Crippen molar-refractivity contribution in [3.05, 3.63) is 0 Å². The van der Waals surface area contributed by atoms with Gasteiger partial charge in [0.05, 0.1) is 24.2 Å². The summed E-state index contributed by atoms with van der Waals surface area (Å²) in [7, 11) is 0. The first-order valence-corrected chi connectivity index (χ1v) is 9.81. The second kappa shape index (κ2) is 7.71. The van der Waals surface area contributed by atoms with Gasteiger partial charge in [-0.05, 0) is 45.4 Å². The molecule has 2 heterocycles. The van der Waals surface area contributed by atoms with Crippen LogP contribution >= 0.6 is 0 Å². The molecule has 2 atom stereocenters. The summed E-state index contributed by atoms with van der Waals surface area (Å²) in [6.07, 6.45) is 6.85. The monoisotopic (exact) mass is 338 g/mol. The van der Waals surface area contributed by atoms with Crippen LogP contribution in [0, 0.1) is 5.92 Å². The second-order valence-electron chi connectivity index (χ2n) is 8.41. The van der Waals surface area contributed by atoms with Crippen molar-refractivity contribution >= 4 is 5.91 Å². The topological polar surface area (TPSA) is 53.0 Å². The molecule has 0 spiro atoms. The number of ether oxygens (including phenoxy) is 1. The van der Waals surface area contributed by atoms with Crippen molar-refractivity contribution in [3.8, 4) is 0 Å². The Labute approximate surface area is 146 Å². The Morgan fingerprint density at radius 3 is 2.29 bits per heavy atom. The largest absolute Gasteiger partial charge is 0.389 e. The molecule has 5 nitrogen and oxygen atoms in total. The number of carbonyl (C=O) groups excluding carboxylic acids is 1. The Hall–Kier alpha value is -0.650. The van der Waals surface area contributed by atoms with Gasteiger partial charge in [0.2, 0.25) is 5.91 Å². The van der Waals surface area contributed by atoms with Gasteiger partial charge in [-0.25, -0.2) is 0 Å². The minimum atomic E-state index is -0.714. The van der Waals surface area contributed by atoms with E-state index in [2.05, 4.69) is 18.7 Å². The van der Waals surface area contributed by atoms with Gasteiger partial charge in [-0.15, -0.1) is 0 Å². The molecule has 3 fully saturated rings. The van der Waals surface area contributed by atoms with Crippen LogP contribution in [0.1, 0.15) is 58.8 Å². The molecule has 0 aromatic carbocycles. The summed E-state index contributed by atoms with van der Waals surface area (Å²) < 4.78 is 5.81. The van der Waals surface area contributed by atoms with Gasteiger partial charge in [-0.3, -0.25) is 9.69 Å². The fourth-order valence-electron chi connectivity index (χ4n) is 4.77. The van der Waals surface area contributed by atoms with Crippen LogP contribution in [0.2, 0.25) is 0 Å². The van der Waals surface area contributed by atoms with Crippen LogP contribution in [-0.4, -0.2) is 71.3 Å². The van der Waals surface area contributed by atoms with E-state index in [1.165, 1.54) is 0 Å². The lowest BCUT2D eigenvalue weighted by atomic mass is 9.93. The summed E-state index contributed by atoms with van der Waals surface area (Å²) >= 11 is 0. The number of nitrogens with zero attached hydrogens (tertiary/aromatic N) is 2. The van der Waals surface area contributed by atoms with Gasteiger partial charge < -0.3 is 14.7 Å². The average Bonchev–Trinajstić information content (AvgIpc) is 2.93. The van der Waals surface area contributed by atoms with Crippen LogP contribution in [0.4, 0.5) is 0 Å². The molecule has 0 radical (unpaired) electrons. The van der Waals surface area contributed by atoms with Crippen molar-refractivity contribution < 1.29 is 14.6 Å². The minimum absolute atomic E-state index is 0.159. The summed E-state index contributed by atoms with van der Waals surface area (Å²) in [4.78, 5) is 17.0. The van der Waals surface area contributed by atoms with E-state index in [0.717, 1.165) is 71.2 Å². The van der Waals surface area contributed by atoms with Crippen molar-refractivity contribution in [3.63, 3.8) is 0 Å². The van der Waals surface area contributed by atoms with Crippen LogP contribution in [0.5, 0.6) is 0 Å². The molecule has 2 saturated heterocycles. The van der Waals surface area contributed by atoms with Gasteiger partial charge in [0, 0.05) is 32.7 Å². The number of rotatable bonds is 4. The van der Waals surface area contributed by atoms with Gasteiger partial charge in [0.1, 0.15) is 0 Å². The van der Waals surface area contributed by atoms with Crippen LogP contribution in [0.15, 0.2) is 0 Å². The molecular weight excluding hydrogens is 304 g/mol. The van der Waals surface area contributed by atoms with E-state index in [1.807, 2.05) is 4.90 Å². The van der Waals surface area contributed by atoms with Gasteiger partial charge in [0.25, 0.3) is 0 Å². The summed E-state index contributed by atoms with van der Waals surface area (Å²) in [5.41, 5.74) is -0.714. The summed E-state index contributed by atoms with van der Waals surface area (Å²) in [6.45, 7) is 9.19. The lowest BCUT2D eigenvalue weighted by Crippen LogP contribution is -2.49. The lowest BCUT2D eigenvalue weighted by molar-refractivity contribution is -0.137. The number of hydrogen-bond donors (Lipinski definition) is 1. The van der Waals surface area contributed by atoms with E-state index in [4.69, 9.17) is 4.74 Å². The fraction of sp³-hybridized carbons (Fsp3) is 0.947. The molecule has 1 amide bonds. The molecule has 3 rings (SSSR count). The van der Waals surface area contributed by atoms with Crippen molar-refractivity contribution in [1.29, 1.82) is 0 Å². The average molecular weight is 338 g/mol. The minimum Gasteiger partial charge on any atom is -0.389 e. The predicted molar refractivity (Wildman–Crippen MR) is 93.8 cm³/mol. The molecule has 138 valence electrons. The second-order valence-corrected chi connectivity index (χ2v) is 8.41. The third kappa shape index (κ3) is 4.70. The molecule has 0 aromatic rings. The maximum Gasteiger partial charge on any atom is 0.225 e. The highest BCUT2D eigenvalue weighted by Gasteiger charge is 2.36. The zero-order valence-electron chi connectivity index (χ0n) is 15.4. The molecule has 24 heavy (non-hydrogen) atoms. The third-order valence-corrected chi connectivity index (χ3v) is 5.99. The van der Waals surface area contributed by atoms with Gasteiger partial charge in [-0.1, -0.05) is 12.8 Å². The Morgan fingerprint density at radius 2 is 1.71 bits per heavy atom. The van der Waals surface area contributed by atoms with Crippen LogP contribution in [0.3, 0.4) is 0 Å². The van der Waals surface area contributed by atoms with Gasteiger partial charge >= 0.3 is 0 Å². The molecule has 0 bridgehead atoms. The molecule has 3 aliphatic rings. The first kappa shape index (κ1) is 18.2. The van der Waals surface area contributed by atoms with Crippen molar-refractivity contribution in [2.45, 2.75) is 76.6 Å². The lowest BCUT2D eigenvalue weighted by Gasteiger charge is -2.40. The SMILES string of the molecule is CC1CN(CC2CCN(C(=O)CC3(O)CCCC3)CC2)CC(C)O1. The smallest absolute Gasteiger partial charge is 0.225 e. The van der Waals surface area contributed by atoms with Gasteiger partial charge in [-0.2, -0.15) is 0 Å². The van der Waals surface area contributed by atoms with E-state index in [9.17, 15) is 9.90 Å². The number of aliphatic hydroxyl groups is 1. The highest BCUT2D eigenvalue weighted by atomic mass is 16.5. The van der Waals surface area contributed by atoms with Crippen molar-refractivity contribution in [2.75, 3.05) is 32.7 Å². The molecule has 1 aliphatic carbocycles. The Balaban J connectivity index is 1.41. The number of likely N-dealkylation sites (tertiary alicyclic amines) is 1. The molecule has 2 unspecified atom stereocenters. The van der Waals surface area contributed by atoms with Crippen molar-refractivity contribution in [1.82, 2.24) is 9.80 Å². The summed E-state index contributed by atoms with van der Waals surface area (Å²) in [6, 6.07) is 0. The number of morpholine rings is 1. The zero-order chi connectivity index (χ0) is 17.2. The molecule has 1 saturated carbocycles. The maximum atomic E-state index is 12.5.